The molecule has 23 heavy (non-hydrogen) atoms. The lowest BCUT2D eigenvalue weighted by Crippen LogP contribution is -2.16. The molecule has 3 rings (SSSR count). The van der Waals surface area contributed by atoms with Gasteiger partial charge in [0, 0.05) is 11.9 Å². The van der Waals surface area contributed by atoms with Gasteiger partial charge in [0.1, 0.15) is 21.7 Å². The van der Waals surface area contributed by atoms with Crippen molar-refractivity contribution < 1.29 is 4.79 Å². The highest BCUT2D eigenvalue weighted by atomic mass is 32.2. The summed E-state index contributed by atoms with van der Waals surface area (Å²) >= 11 is 4.22. The van der Waals surface area contributed by atoms with Crippen LogP contribution in [0.5, 0.6) is 0 Å². The average molecular weight is 360 g/mol. The van der Waals surface area contributed by atoms with Crippen LogP contribution in [-0.4, -0.2) is 28.8 Å². The maximum Gasteiger partial charge on any atom is 0.186 e. The standard InChI is InChI=1S/C15H12N4OS3/c1-9-17-18-15(22-9)21-8-12(20)10(7-16)14-19(2)11-5-3-4-6-13(11)23-14/h3-6H,8H2,1-2H3/b14-10-. The Morgan fingerprint density at radius 1 is 1.39 bits per heavy atom. The number of hydrogen-bond donors (Lipinski definition) is 0. The molecule has 0 spiro atoms. The fourth-order valence-corrected chi connectivity index (χ4v) is 4.94. The number of nitriles is 1. The van der Waals surface area contributed by atoms with Gasteiger partial charge in [-0.25, -0.2) is 0 Å². The smallest absolute Gasteiger partial charge is 0.186 e. The molecule has 0 amide bonds. The van der Waals surface area contributed by atoms with Gasteiger partial charge >= 0.3 is 0 Å². The van der Waals surface area contributed by atoms with Crippen molar-refractivity contribution in [3.05, 3.63) is 39.9 Å². The Labute approximate surface area is 146 Å². The number of benzene rings is 1. The van der Waals surface area contributed by atoms with Gasteiger partial charge in [-0.15, -0.1) is 10.2 Å². The first kappa shape index (κ1) is 16.1. The SMILES string of the molecule is Cc1nnc(SCC(=O)/C(C#N)=C2\Sc3ccccc3N2C)s1. The predicted octanol–water partition coefficient (Wildman–Crippen LogP) is 3.49. The van der Waals surface area contributed by atoms with Gasteiger partial charge in [0.2, 0.25) is 0 Å². The van der Waals surface area contributed by atoms with Crippen LogP contribution in [0.25, 0.3) is 0 Å². The van der Waals surface area contributed by atoms with Gasteiger partial charge in [0.15, 0.2) is 10.1 Å². The van der Waals surface area contributed by atoms with Crippen molar-refractivity contribution in [1.82, 2.24) is 10.2 Å². The van der Waals surface area contributed by atoms with Gasteiger partial charge in [-0.1, -0.05) is 47.0 Å². The number of fused-ring (bicyclic) bond motifs is 1. The zero-order valence-corrected chi connectivity index (χ0v) is 14.9. The number of rotatable bonds is 4. The number of anilines is 1. The highest BCUT2D eigenvalue weighted by molar-refractivity contribution is 8.04. The number of nitrogens with zero attached hydrogens (tertiary/aromatic N) is 4. The number of carbonyl (C=O) groups excluding carboxylic acids is 1. The molecule has 0 unspecified atom stereocenters. The molecule has 1 aromatic heterocycles. The largest absolute Gasteiger partial charge is 0.337 e. The lowest BCUT2D eigenvalue weighted by atomic mass is 10.2. The molecule has 0 radical (unpaired) electrons. The van der Waals surface area contributed by atoms with Crippen molar-refractivity contribution in [1.29, 1.82) is 5.26 Å². The van der Waals surface area contributed by atoms with Gasteiger partial charge in [-0.2, -0.15) is 5.26 Å². The van der Waals surface area contributed by atoms with E-state index in [1.807, 2.05) is 43.1 Å². The van der Waals surface area contributed by atoms with E-state index in [0.29, 0.717) is 5.03 Å². The van der Waals surface area contributed by atoms with Crippen molar-refractivity contribution in [3.8, 4) is 6.07 Å². The number of para-hydroxylation sites is 1. The van der Waals surface area contributed by atoms with Crippen LogP contribution in [0.1, 0.15) is 5.01 Å². The first-order valence-corrected chi connectivity index (χ1v) is 9.33. The summed E-state index contributed by atoms with van der Waals surface area (Å²) in [7, 11) is 1.88. The highest BCUT2D eigenvalue weighted by Gasteiger charge is 2.27. The lowest BCUT2D eigenvalue weighted by molar-refractivity contribution is -0.112. The summed E-state index contributed by atoms with van der Waals surface area (Å²) in [5.41, 5.74) is 1.21. The summed E-state index contributed by atoms with van der Waals surface area (Å²) < 4.78 is 0.744. The number of thioether (sulfide) groups is 2. The van der Waals surface area contributed by atoms with E-state index in [9.17, 15) is 10.1 Å². The zero-order chi connectivity index (χ0) is 16.4. The van der Waals surface area contributed by atoms with Crippen LogP contribution in [-0.2, 0) is 4.79 Å². The fourth-order valence-electron chi connectivity index (χ4n) is 2.09. The molecule has 5 nitrogen and oxygen atoms in total. The summed E-state index contributed by atoms with van der Waals surface area (Å²) in [4.78, 5) is 15.4. The normalized spacial score (nSPS) is 15.3. The van der Waals surface area contributed by atoms with Crippen LogP contribution < -0.4 is 4.90 Å². The van der Waals surface area contributed by atoms with Crippen molar-refractivity contribution in [2.75, 3.05) is 17.7 Å². The Balaban J connectivity index is 1.80. The van der Waals surface area contributed by atoms with Gasteiger partial charge in [0.05, 0.1) is 11.4 Å². The Kier molecular flexibility index (Phi) is 4.71. The molecule has 0 bridgehead atoms. The van der Waals surface area contributed by atoms with E-state index >= 15 is 0 Å². The Bertz CT molecular complexity index is 837. The van der Waals surface area contributed by atoms with E-state index in [4.69, 9.17) is 0 Å². The fraction of sp³-hybridized carbons (Fsp3) is 0.200. The number of carbonyl (C=O) groups is 1. The van der Waals surface area contributed by atoms with Gasteiger partial charge in [0.25, 0.3) is 0 Å². The maximum absolute atomic E-state index is 12.5. The van der Waals surface area contributed by atoms with Crippen LogP contribution in [0, 0.1) is 18.3 Å². The van der Waals surface area contributed by atoms with E-state index in [1.54, 1.807) is 0 Å². The third-order valence-corrected chi connectivity index (χ3v) is 6.39. The maximum atomic E-state index is 12.5. The molecule has 2 heterocycles. The molecule has 0 saturated carbocycles. The summed E-state index contributed by atoms with van der Waals surface area (Å²) in [5.74, 6) is -0.00121. The second kappa shape index (κ2) is 6.74. The summed E-state index contributed by atoms with van der Waals surface area (Å²) in [6.45, 7) is 1.87. The summed E-state index contributed by atoms with van der Waals surface area (Å²) in [6.07, 6.45) is 0. The summed E-state index contributed by atoms with van der Waals surface area (Å²) in [6, 6.07) is 9.93. The molecule has 8 heteroatoms. The van der Waals surface area contributed by atoms with Crippen molar-refractivity contribution in [3.63, 3.8) is 0 Å². The predicted molar refractivity (Wildman–Crippen MR) is 93.7 cm³/mol. The van der Waals surface area contributed by atoms with Crippen LogP contribution in [0.4, 0.5) is 5.69 Å². The Morgan fingerprint density at radius 2 is 2.17 bits per heavy atom. The quantitative estimate of drug-likeness (QED) is 0.469. The summed E-state index contributed by atoms with van der Waals surface area (Å²) in [5, 5.41) is 18.9. The first-order chi connectivity index (χ1) is 11.1. The number of Topliss-reactive ketones (excluding diaryl/α,β-unsaturated/α-hetero) is 1. The van der Waals surface area contributed by atoms with Gasteiger partial charge < -0.3 is 4.90 Å². The van der Waals surface area contributed by atoms with Crippen molar-refractivity contribution in [2.45, 2.75) is 16.2 Å². The van der Waals surface area contributed by atoms with Crippen molar-refractivity contribution >= 4 is 46.3 Å². The molecule has 1 aliphatic heterocycles. The topological polar surface area (TPSA) is 69.9 Å². The van der Waals surface area contributed by atoms with E-state index in [-0.39, 0.29) is 17.1 Å². The second-order valence-corrected chi connectivity index (χ2v) is 8.15. The second-order valence-electron chi connectivity index (χ2n) is 4.72. The minimum Gasteiger partial charge on any atom is -0.337 e. The number of allylic oxidation sites excluding steroid dienone is 1. The molecule has 116 valence electrons. The van der Waals surface area contributed by atoms with E-state index < -0.39 is 0 Å². The van der Waals surface area contributed by atoms with Crippen LogP contribution in [0.3, 0.4) is 0 Å². The highest BCUT2D eigenvalue weighted by Crippen LogP contribution is 2.46. The molecule has 0 atom stereocenters. The van der Waals surface area contributed by atoms with Gasteiger partial charge in [-0.05, 0) is 19.1 Å². The third kappa shape index (κ3) is 3.27. The Morgan fingerprint density at radius 3 is 2.83 bits per heavy atom. The molecule has 2 aromatic rings. The molecular formula is C15H12N4OS3. The lowest BCUT2D eigenvalue weighted by Gasteiger charge is -2.14. The molecule has 1 aliphatic rings. The van der Waals surface area contributed by atoms with E-state index in [1.165, 1.54) is 34.9 Å². The number of aryl methyl sites for hydroxylation is 1. The number of aromatic nitrogens is 2. The first-order valence-electron chi connectivity index (χ1n) is 6.71. The van der Waals surface area contributed by atoms with Crippen molar-refractivity contribution in [2.24, 2.45) is 0 Å². The Hall–Kier alpha value is -1.82. The van der Waals surface area contributed by atoms with Crippen LogP contribution in [0.2, 0.25) is 0 Å². The minimum atomic E-state index is -0.187. The van der Waals surface area contributed by atoms with Crippen LogP contribution in [0.15, 0.2) is 44.1 Å². The number of hydrogen-bond acceptors (Lipinski definition) is 8. The van der Waals surface area contributed by atoms with Crippen LogP contribution >= 0.6 is 34.9 Å². The molecule has 0 saturated heterocycles. The zero-order valence-electron chi connectivity index (χ0n) is 12.4. The van der Waals surface area contributed by atoms with E-state index in [2.05, 4.69) is 16.3 Å². The molecule has 1 aromatic carbocycles. The van der Waals surface area contributed by atoms with E-state index in [0.717, 1.165) is 19.9 Å². The molecule has 0 fully saturated rings. The molecular weight excluding hydrogens is 348 g/mol. The number of ketones is 1. The van der Waals surface area contributed by atoms with Gasteiger partial charge in [-0.3, -0.25) is 4.79 Å². The minimum absolute atomic E-state index is 0.186. The molecule has 0 N–H and O–H groups in total. The average Bonchev–Trinajstić information content (AvgIpc) is 3.11. The monoisotopic (exact) mass is 360 g/mol. The molecule has 0 aliphatic carbocycles. The third-order valence-electron chi connectivity index (χ3n) is 3.18.